The summed E-state index contributed by atoms with van der Waals surface area (Å²) in [6.45, 7) is 0.326. The molecule has 2 aromatic rings. The first-order valence-corrected chi connectivity index (χ1v) is 6.62. The summed E-state index contributed by atoms with van der Waals surface area (Å²) in [6.07, 6.45) is 0. The van der Waals surface area contributed by atoms with Crippen LogP contribution in [0.5, 0.6) is 0 Å². The van der Waals surface area contributed by atoms with Gasteiger partial charge in [0.15, 0.2) is 0 Å². The van der Waals surface area contributed by atoms with Crippen molar-refractivity contribution in [2.75, 3.05) is 5.32 Å². The maximum Gasteiger partial charge on any atom is 0.293 e. The van der Waals surface area contributed by atoms with Crippen molar-refractivity contribution in [3.63, 3.8) is 0 Å². The van der Waals surface area contributed by atoms with Gasteiger partial charge in [-0.25, -0.2) is 0 Å². The first kappa shape index (κ1) is 15.1. The molecule has 0 saturated heterocycles. The van der Waals surface area contributed by atoms with Crippen LogP contribution in [-0.2, 0) is 6.54 Å². The number of rotatable bonds is 4. The lowest BCUT2D eigenvalue weighted by Crippen LogP contribution is -2.03. The van der Waals surface area contributed by atoms with Crippen molar-refractivity contribution in [1.29, 1.82) is 5.26 Å². The van der Waals surface area contributed by atoms with Crippen LogP contribution in [0.15, 0.2) is 36.4 Å². The van der Waals surface area contributed by atoms with Gasteiger partial charge in [0.25, 0.3) is 5.69 Å². The zero-order valence-corrected chi connectivity index (χ0v) is 12.1. The Bertz CT molecular complexity index is 721. The van der Waals surface area contributed by atoms with E-state index in [-0.39, 0.29) is 11.3 Å². The van der Waals surface area contributed by atoms with Gasteiger partial charge in [-0.1, -0.05) is 23.2 Å². The Morgan fingerprint density at radius 2 is 1.86 bits per heavy atom. The largest absolute Gasteiger partial charge is 0.375 e. The number of halogens is 2. The van der Waals surface area contributed by atoms with Gasteiger partial charge in [-0.05, 0) is 35.9 Å². The van der Waals surface area contributed by atoms with Crippen LogP contribution in [0.4, 0.5) is 11.4 Å². The summed E-state index contributed by atoms with van der Waals surface area (Å²) in [5.74, 6) is 0. The van der Waals surface area contributed by atoms with Crippen LogP contribution in [0.3, 0.4) is 0 Å². The SMILES string of the molecule is N#Cc1ccc(NCc2cc(Cl)cc(Cl)c2)c([N+](=O)[O-])c1. The molecule has 0 spiro atoms. The van der Waals surface area contributed by atoms with Gasteiger partial charge in [-0.2, -0.15) is 5.26 Å². The third kappa shape index (κ3) is 3.85. The number of hydrogen-bond acceptors (Lipinski definition) is 4. The average Bonchev–Trinajstić information content (AvgIpc) is 2.43. The highest BCUT2D eigenvalue weighted by Gasteiger charge is 2.14. The van der Waals surface area contributed by atoms with Gasteiger partial charge in [0.2, 0.25) is 0 Å². The van der Waals surface area contributed by atoms with Gasteiger partial charge >= 0.3 is 0 Å². The van der Waals surface area contributed by atoms with E-state index in [0.29, 0.717) is 22.3 Å². The van der Waals surface area contributed by atoms with E-state index in [1.807, 2.05) is 6.07 Å². The van der Waals surface area contributed by atoms with Crippen molar-refractivity contribution in [3.05, 3.63) is 67.7 Å². The van der Waals surface area contributed by atoms with Crippen LogP contribution in [0.1, 0.15) is 11.1 Å². The quantitative estimate of drug-likeness (QED) is 0.669. The second kappa shape index (κ2) is 6.44. The molecule has 0 radical (unpaired) electrons. The lowest BCUT2D eigenvalue weighted by Gasteiger charge is -2.08. The Morgan fingerprint density at radius 1 is 1.19 bits per heavy atom. The van der Waals surface area contributed by atoms with Crippen LogP contribution in [0.25, 0.3) is 0 Å². The van der Waals surface area contributed by atoms with E-state index in [0.717, 1.165) is 5.56 Å². The Balaban J connectivity index is 2.23. The number of nitro benzene ring substituents is 1. The Labute approximate surface area is 130 Å². The van der Waals surface area contributed by atoms with Crippen molar-refractivity contribution in [2.45, 2.75) is 6.54 Å². The Kier molecular flexibility index (Phi) is 4.63. The van der Waals surface area contributed by atoms with Crippen molar-refractivity contribution in [2.24, 2.45) is 0 Å². The lowest BCUT2D eigenvalue weighted by molar-refractivity contribution is -0.384. The molecule has 0 atom stereocenters. The van der Waals surface area contributed by atoms with E-state index in [1.54, 1.807) is 18.2 Å². The highest BCUT2D eigenvalue weighted by atomic mass is 35.5. The molecule has 0 unspecified atom stereocenters. The zero-order valence-electron chi connectivity index (χ0n) is 10.6. The van der Waals surface area contributed by atoms with Crippen LogP contribution in [0, 0.1) is 21.4 Å². The molecule has 0 aliphatic carbocycles. The standard InChI is InChI=1S/C14H9Cl2N3O2/c15-11-3-10(4-12(16)6-11)8-18-13-2-1-9(7-17)5-14(13)19(20)21/h1-6,18H,8H2. The molecule has 0 aromatic heterocycles. The van der Waals surface area contributed by atoms with Crippen LogP contribution < -0.4 is 5.32 Å². The van der Waals surface area contributed by atoms with Gasteiger partial charge in [-0.3, -0.25) is 10.1 Å². The van der Waals surface area contributed by atoms with E-state index in [4.69, 9.17) is 28.5 Å². The average molecular weight is 322 g/mol. The minimum Gasteiger partial charge on any atom is -0.375 e. The van der Waals surface area contributed by atoms with Crippen molar-refractivity contribution < 1.29 is 4.92 Å². The molecule has 2 aromatic carbocycles. The highest BCUT2D eigenvalue weighted by Crippen LogP contribution is 2.26. The molecule has 0 aliphatic rings. The predicted octanol–water partition coefficient (Wildman–Crippen LogP) is 4.39. The molecule has 2 rings (SSSR count). The van der Waals surface area contributed by atoms with Gasteiger partial charge in [-0.15, -0.1) is 0 Å². The Hall–Kier alpha value is -2.29. The zero-order chi connectivity index (χ0) is 15.4. The minimum atomic E-state index is -0.534. The number of anilines is 1. The number of nitrogens with one attached hydrogen (secondary N) is 1. The van der Waals surface area contributed by atoms with Crippen molar-refractivity contribution in [1.82, 2.24) is 0 Å². The summed E-state index contributed by atoms with van der Waals surface area (Å²) in [7, 11) is 0. The molecule has 0 saturated carbocycles. The topological polar surface area (TPSA) is 79.0 Å². The molecular weight excluding hydrogens is 313 g/mol. The lowest BCUT2D eigenvalue weighted by atomic mass is 10.1. The van der Waals surface area contributed by atoms with E-state index in [1.165, 1.54) is 18.2 Å². The monoisotopic (exact) mass is 321 g/mol. The summed E-state index contributed by atoms with van der Waals surface area (Å²) >= 11 is 11.8. The van der Waals surface area contributed by atoms with E-state index in [2.05, 4.69) is 5.32 Å². The van der Waals surface area contributed by atoms with E-state index in [9.17, 15) is 10.1 Å². The fourth-order valence-electron chi connectivity index (χ4n) is 1.81. The maximum atomic E-state index is 11.0. The van der Waals surface area contributed by atoms with Gasteiger partial charge in [0.05, 0.1) is 16.6 Å². The van der Waals surface area contributed by atoms with Gasteiger partial charge in [0, 0.05) is 22.7 Å². The number of nitro groups is 1. The predicted molar refractivity (Wildman–Crippen MR) is 81.6 cm³/mol. The van der Waals surface area contributed by atoms with Crippen LogP contribution >= 0.6 is 23.2 Å². The Morgan fingerprint density at radius 3 is 2.43 bits per heavy atom. The number of nitriles is 1. The van der Waals surface area contributed by atoms with E-state index >= 15 is 0 Å². The third-order valence-corrected chi connectivity index (χ3v) is 3.17. The molecule has 106 valence electrons. The first-order chi connectivity index (χ1) is 9.99. The second-order valence-electron chi connectivity index (χ2n) is 4.23. The molecule has 21 heavy (non-hydrogen) atoms. The molecule has 0 bridgehead atoms. The summed E-state index contributed by atoms with van der Waals surface area (Å²) in [4.78, 5) is 10.5. The molecule has 0 heterocycles. The smallest absolute Gasteiger partial charge is 0.293 e. The van der Waals surface area contributed by atoms with Crippen molar-refractivity contribution in [3.8, 4) is 6.07 Å². The second-order valence-corrected chi connectivity index (χ2v) is 5.10. The number of hydrogen-bond donors (Lipinski definition) is 1. The molecule has 0 amide bonds. The number of benzene rings is 2. The maximum absolute atomic E-state index is 11.0. The highest BCUT2D eigenvalue weighted by molar-refractivity contribution is 6.34. The summed E-state index contributed by atoms with van der Waals surface area (Å²) < 4.78 is 0. The molecule has 0 fully saturated rings. The normalized spacial score (nSPS) is 9.95. The molecule has 5 nitrogen and oxygen atoms in total. The van der Waals surface area contributed by atoms with Crippen LogP contribution in [-0.4, -0.2) is 4.92 Å². The van der Waals surface area contributed by atoms with Gasteiger partial charge < -0.3 is 5.32 Å². The third-order valence-electron chi connectivity index (χ3n) is 2.73. The number of nitrogens with zero attached hydrogens (tertiary/aromatic N) is 2. The van der Waals surface area contributed by atoms with E-state index < -0.39 is 4.92 Å². The first-order valence-electron chi connectivity index (χ1n) is 5.87. The molecule has 0 aliphatic heterocycles. The van der Waals surface area contributed by atoms with Gasteiger partial charge in [0.1, 0.15) is 5.69 Å². The molecule has 7 heteroatoms. The van der Waals surface area contributed by atoms with Crippen molar-refractivity contribution >= 4 is 34.6 Å². The van der Waals surface area contributed by atoms with Crippen LogP contribution in [0.2, 0.25) is 10.0 Å². The fourth-order valence-corrected chi connectivity index (χ4v) is 2.38. The molecule has 1 N–H and O–H groups in total. The fraction of sp³-hybridized carbons (Fsp3) is 0.0714. The summed E-state index contributed by atoms with van der Waals surface area (Å²) in [5.41, 5.74) is 1.21. The minimum absolute atomic E-state index is 0.151. The molecular formula is C14H9Cl2N3O2. The summed E-state index contributed by atoms with van der Waals surface area (Å²) in [6, 6.07) is 11.2. The summed E-state index contributed by atoms with van der Waals surface area (Å²) in [5, 5.41) is 23.7.